The van der Waals surface area contributed by atoms with E-state index in [4.69, 9.17) is 10.5 Å². The third-order valence-electron chi connectivity index (χ3n) is 2.94. The summed E-state index contributed by atoms with van der Waals surface area (Å²) in [6.45, 7) is 7.41. The van der Waals surface area contributed by atoms with E-state index < -0.39 is 0 Å². The highest BCUT2D eigenvalue weighted by molar-refractivity contribution is 5.95. The van der Waals surface area contributed by atoms with Gasteiger partial charge in [-0.1, -0.05) is 0 Å². The first-order chi connectivity index (χ1) is 8.39. The van der Waals surface area contributed by atoms with E-state index in [9.17, 15) is 4.79 Å². The molecule has 0 aromatic carbocycles. The summed E-state index contributed by atoms with van der Waals surface area (Å²) in [7, 11) is 0. The molecule has 1 aromatic rings. The Balaban J connectivity index is 2.20. The summed E-state index contributed by atoms with van der Waals surface area (Å²) in [4.78, 5) is 22.0. The summed E-state index contributed by atoms with van der Waals surface area (Å²) in [5, 5.41) is 0. The van der Waals surface area contributed by atoms with Crippen molar-refractivity contribution in [3.63, 3.8) is 0 Å². The molecule has 1 fully saturated rings. The van der Waals surface area contributed by atoms with E-state index in [2.05, 4.69) is 9.97 Å². The Labute approximate surface area is 106 Å². The zero-order valence-corrected chi connectivity index (χ0v) is 10.9. The van der Waals surface area contributed by atoms with Crippen molar-refractivity contribution in [2.24, 2.45) is 0 Å². The zero-order valence-electron chi connectivity index (χ0n) is 10.9. The molecule has 0 saturated carbocycles. The number of aryl methyl sites for hydroxylation is 1. The van der Waals surface area contributed by atoms with Crippen LogP contribution in [0.5, 0.6) is 0 Å². The average Bonchev–Trinajstić information content (AvgIpc) is 2.27. The Morgan fingerprint density at radius 2 is 2.28 bits per heavy atom. The highest BCUT2D eigenvalue weighted by Gasteiger charge is 2.31. The first-order valence-corrected chi connectivity index (χ1v) is 5.91. The molecule has 2 rings (SSSR count). The van der Waals surface area contributed by atoms with Gasteiger partial charge >= 0.3 is 0 Å². The van der Waals surface area contributed by atoms with Crippen molar-refractivity contribution in [3.8, 4) is 0 Å². The number of aromatic nitrogens is 2. The minimum atomic E-state index is -0.309. The normalized spacial score (nSPS) is 18.7. The number of rotatable bonds is 1. The van der Waals surface area contributed by atoms with Crippen LogP contribution in [0.2, 0.25) is 0 Å². The van der Waals surface area contributed by atoms with Gasteiger partial charge in [0.25, 0.3) is 5.91 Å². The van der Waals surface area contributed by atoms with Crippen molar-refractivity contribution in [2.45, 2.75) is 26.4 Å². The largest absolute Gasteiger partial charge is 0.372 e. The van der Waals surface area contributed by atoms with E-state index in [1.807, 2.05) is 13.8 Å². The molecule has 0 atom stereocenters. The van der Waals surface area contributed by atoms with Gasteiger partial charge in [0.05, 0.1) is 23.5 Å². The van der Waals surface area contributed by atoms with Crippen LogP contribution in [-0.4, -0.2) is 46.1 Å². The predicted octanol–water partition coefficient (Wildman–Crippen LogP) is 0.618. The number of morpholine rings is 1. The monoisotopic (exact) mass is 250 g/mol. The van der Waals surface area contributed by atoms with Crippen LogP contribution in [0, 0.1) is 6.92 Å². The number of nitrogen functional groups attached to an aromatic ring is 1. The van der Waals surface area contributed by atoms with Crippen LogP contribution in [0.25, 0.3) is 0 Å². The van der Waals surface area contributed by atoms with Crippen LogP contribution in [0.4, 0.5) is 5.95 Å². The van der Waals surface area contributed by atoms with E-state index in [-0.39, 0.29) is 17.5 Å². The second kappa shape index (κ2) is 4.53. The van der Waals surface area contributed by atoms with Crippen molar-refractivity contribution in [1.29, 1.82) is 0 Å². The number of anilines is 1. The predicted molar refractivity (Wildman–Crippen MR) is 67.1 cm³/mol. The molecule has 1 aromatic heterocycles. The number of amides is 1. The summed E-state index contributed by atoms with van der Waals surface area (Å²) in [6, 6.07) is 0. The maximum absolute atomic E-state index is 12.4. The van der Waals surface area contributed by atoms with E-state index in [1.54, 1.807) is 11.8 Å². The molecule has 1 amide bonds. The van der Waals surface area contributed by atoms with Crippen molar-refractivity contribution in [3.05, 3.63) is 17.5 Å². The van der Waals surface area contributed by atoms with Crippen LogP contribution >= 0.6 is 0 Å². The Morgan fingerprint density at radius 3 is 2.89 bits per heavy atom. The number of carbonyl (C=O) groups is 1. The Kier molecular flexibility index (Phi) is 3.21. The van der Waals surface area contributed by atoms with Crippen LogP contribution < -0.4 is 5.73 Å². The summed E-state index contributed by atoms with van der Waals surface area (Å²) in [5.74, 6) is 0.121. The van der Waals surface area contributed by atoms with E-state index in [1.165, 1.54) is 6.20 Å². The zero-order chi connectivity index (χ0) is 13.3. The standard InChI is InChI=1S/C12H18N4O2/c1-8-9(6-14-11(13)15-8)10(17)16-4-5-18-12(2,3)7-16/h6H,4-5,7H2,1-3H3,(H2,13,14,15). The van der Waals surface area contributed by atoms with Gasteiger partial charge in [0.1, 0.15) is 0 Å². The molecule has 0 unspecified atom stereocenters. The van der Waals surface area contributed by atoms with Crippen molar-refractivity contribution in [2.75, 3.05) is 25.4 Å². The van der Waals surface area contributed by atoms with Crippen molar-refractivity contribution < 1.29 is 9.53 Å². The van der Waals surface area contributed by atoms with Crippen LogP contribution in [0.3, 0.4) is 0 Å². The fraction of sp³-hybridized carbons (Fsp3) is 0.583. The molecule has 0 aliphatic carbocycles. The maximum Gasteiger partial charge on any atom is 0.257 e. The van der Waals surface area contributed by atoms with Gasteiger partial charge in [-0.3, -0.25) is 4.79 Å². The smallest absolute Gasteiger partial charge is 0.257 e. The van der Waals surface area contributed by atoms with Gasteiger partial charge < -0.3 is 15.4 Å². The lowest BCUT2D eigenvalue weighted by Crippen LogP contribution is -2.50. The van der Waals surface area contributed by atoms with E-state index in [0.29, 0.717) is 31.0 Å². The second-order valence-corrected chi connectivity index (χ2v) is 5.06. The molecule has 2 heterocycles. The molecule has 18 heavy (non-hydrogen) atoms. The summed E-state index contributed by atoms with van der Waals surface area (Å²) < 4.78 is 5.59. The average molecular weight is 250 g/mol. The molecular formula is C12H18N4O2. The number of hydrogen-bond acceptors (Lipinski definition) is 5. The van der Waals surface area contributed by atoms with Gasteiger partial charge in [-0.25, -0.2) is 9.97 Å². The Hall–Kier alpha value is -1.69. The molecule has 1 saturated heterocycles. The van der Waals surface area contributed by atoms with Gasteiger partial charge in [0.2, 0.25) is 5.95 Å². The van der Waals surface area contributed by atoms with Gasteiger partial charge in [0, 0.05) is 19.3 Å². The van der Waals surface area contributed by atoms with Crippen molar-refractivity contribution in [1.82, 2.24) is 14.9 Å². The van der Waals surface area contributed by atoms with E-state index >= 15 is 0 Å². The molecule has 0 spiro atoms. The molecule has 0 bridgehead atoms. The topological polar surface area (TPSA) is 81.3 Å². The van der Waals surface area contributed by atoms with Crippen LogP contribution in [0.1, 0.15) is 29.9 Å². The molecule has 6 heteroatoms. The fourth-order valence-corrected chi connectivity index (χ4v) is 2.06. The SMILES string of the molecule is Cc1nc(N)ncc1C(=O)N1CCOC(C)(C)C1. The van der Waals surface area contributed by atoms with Crippen LogP contribution in [-0.2, 0) is 4.74 Å². The second-order valence-electron chi connectivity index (χ2n) is 5.06. The fourth-order valence-electron chi connectivity index (χ4n) is 2.06. The lowest BCUT2D eigenvalue weighted by molar-refractivity contribution is -0.0764. The highest BCUT2D eigenvalue weighted by atomic mass is 16.5. The minimum Gasteiger partial charge on any atom is -0.372 e. The maximum atomic E-state index is 12.4. The number of hydrogen-bond donors (Lipinski definition) is 1. The summed E-state index contributed by atoms with van der Waals surface area (Å²) in [5.41, 5.74) is 6.28. The molecule has 1 aliphatic rings. The third-order valence-corrected chi connectivity index (χ3v) is 2.94. The first-order valence-electron chi connectivity index (χ1n) is 5.91. The minimum absolute atomic E-state index is 0.0659. The molecule has 98 valence electrons. The number of nitrogens with two attached hydrogens (primary N) is 1. The molecule has 1 aliphatic heterocycles. The Morgan fingerprint density at radius 1 is 1.56 bits per heavy atom. The first kappa shape index (κ1) is 12.8. The van der Waals surface area contributed by atoms with Crippen LogP contribution in [0.15, 0.2) is 6.20 Å². The summed E-state index contributed by atoms with van der Waals surface area (Å²) in [6.07, 6.45) is 1.49. The van der Waals surface area contributed by atoms with Crippen molar-refractivity contribution >= 4 is 11.9 Å². The van der Waals surface area contributed by atoms with E-state index in [0.717, 1.165) is 0 Å². The molecule has 6 nitrogen and oxygen atoms in total. The molecular weight excluding hydrogens is 232 g/mol. The Bertz CT molecular complexity index is 473. The van der Waals surface area contributed by atoms with Gasteiger partial charge in [0.15, 0.2) is 0 Å². The summed E-state index contributed by atoms with van der Waals surface area (Å²) >= 11 is 0. The van der Waals surface area contributed by atoms with Gasteiger partial charge in [-0.15, -0.1) is 0 Å². The molecule has 2 N–H and O–H groups in total. The number of carbonyl (C=O) groups excluding carboxylic acids is 1. The third kappa shape index (κ3) is 2.59. The number of ether oxygens (including phenoxy) is 1. The highest BCUT2D eigenvalue weighted by Crippen LogP contribution is 2.19. The molecule has 0 radical (unpaired) electrons. The lowest BCUT2D eigenvalue weighted by atomic mass is 10.1. The quantitative estimate of drug-likeness (QED) is 0.790. The van der Waals surface area contributed by atoms with Gasteiger partial charge in [-0.2, -0.15) is 0 Å². The lowest BCUT2D eigenvalue weighted by Gasteiger charge is -2.38. The van der Waals surface area contributed by atoms with Gasteiger partial charge in [-0.05, 0) is 20.8 Å². The number of nitrogens with zero attached hydrogens (tertiary/aromatic N) is 3.